The van der Waals surface area contributed by atoms with E-state index in [1.807, 2.05) is 0 Å². The largest absolute Gasteiger partial charge is 0.291 e. The molecule has 0 amide bonds. The highest BCUT2D eigenvalue weighted by atomic mass is 79.9. The molecule has 0 saturated carbocycles. The second-order valence-electron chi connectivity index (χ2n) is 2.43. The average Bonchev–Trinajstić information content (AvgIpc) is 2.45. The molecule has 0 saturated heterocycles. The number of aromatic nitrogens is 2. The summed E-state index contributed by atoms with van der Waals surface area (Å²) in [6, 6.07) is 0. The summed E-state index contributed by atoms with van der Waals surface area (Å²) in [6.45, 7) is 0. The Balaban J connectivity index is 2.46. The lowest BCUT2D eigenvalue weighted by atomic mass is 10.0. The third-order valence-electron chi connectivity index (χ3n) is 1.71. The minimum atomic E-state index is -0.109. The summed E-state index contributed by atoms with van der Waals surface area (Å²) >= 11 is 3.25. The van der Waals surface area contributed by atoms with Crippen LogP contribution in [-0.4, -0.2) is 20.9 Å². The van der Waals surface area contributed by atoms with E-state index in [1.165, 1.54) is 0 Å². The number of alkyl halides is 1. The van der Waals surface area contributed by atoms with Crippen molar-refractivity contribution < 1.29 is 9.42 Å². The number of Topliss-reactive ketones (excluding diaryl/α,β-unsaturated/α-hetero) is 1. The molecule has 11 heavy (non-hydrogen) atoms. The first-order chi connectivity index (χ1) is 5.29. The van der Waals surface area contributed by atoms with Crippen LogP contribution < -0.4 is 0 Å². The lowest BCUT2D eigenvalue weighted by Gasteiger charge is -2.10. The van der Waals surface area contributed by atoms with E-state index in [-0.39, 0.29) is 10.6 Å². The Hall–Kier alpha value is -0.710. The van der Waals surface area contributed by atoms with E-state index < -0.39 is 0 Å². The maximum absolute atomic E-state index is 11.3. The third kappa shape index (κ3) is 0.994. The number of halogens is 1. The summed E-state index contributed by atoms with van der Waals surface area (Å²) in [4.78, 5) is 11.2. The van der Waals surface area contributed by atoms with E-state index in [4.69, 9.17) is 0 Å². The van der Waals surface area contributed by atoms with Crippen LogP contribution in [0.15, 0.2) is 4.63 Å². The molecule has 0 aliphatic heterocycles. The maximum Gasteiger partial charge on any atom is 0.200 e. The van der Waals surface area contributed by atoms with Crippen LogP contribution >= 0.6 is 15.9 Å². The molecule has 2 rings (SSSR count). The predicted octanol–water partition coefficient (Wildman–Crippen LogP) is 0.962. The number of aryl methyl sites for hydroxylation is 1. The Morgan fingerprint density at radius 3 is 3.18 bits per heavy atom. The van der Waals surface area contributed by atoms with Gasteiger partial charge in [0.25, 0.3) is 0 Å². The Bertz CT molecular complexity index is 297. The van der Waals surface area contributed by atoms with Gasteiger partial charge in [-0.25, -0.2) is 4.63 Å². The lowest BCUT2D eigenvalue weighted by Crippen LogP contribution is -2.22. The Morgan fingerprint density at radius 1 is 1.55 bits per heavy atom. The summed E-state index contributed by atoms with van der Waals surface area (Å²) < 4.78 is 4.44. The Labute approximate surface area is 71.1 Å². The van der Waals surface area contributed by atoms with Crippen molar-refractivity contribution in [1.29, 1.82) is 0 Å². The number of ketones is 1. The molecule has 5 heteroatoms. The first kappa shape index (κ1) is 6.97. The predicted molar refractivity (Wildman–Crippen MR) is 39.7 cm³/mol. The van der Waals surface area contributed by atoms with E-state index >= 15 is 0 Å². The van der Waals surface area contributed by atoms with Gasteiger partial charge in [0.05, 0.1) is 4.83 Å². The number of nitrogens with zero attached hydrogens (tertiary/aromatic N) is 2. The van der Waals surface area contributed by atoms with Gasteiger partial charge in [0.2, 0.25) is 0 Å². The highest BCUT2D eigenvalue weighted by Gasteiger charge is 2.29. The van der Waals surface area contributed by atoms with Crippen molar-refractivity contribution in [1.82, 2.24) is 10.3 Å². The van der Waals surface area contributed by atoms with Gasteiger partial charge in [-0.1, -0.05) is 21.1 Å². The number of hydrogen-bond donors (Lipinski definition) is 0. The topological polar surface area (TPSA) is 56.0 Å². The van der Waals surface area contributed by atoms with Crippen LogP contribution in [0.2, 0.25) is 0 Å². The van der Waals surface area contributed by atoms with E-state index in [2.05, 4.69) is 30.9 Å². The first-order valence-corrected chi connectivity index (χ1v) is 4.20. The molecular weight excluding hydrogens is 212 g/mol. The SMILES string of the molecule is O=C1c2nonc2CC[C@@H]1Br. The number of carbonyl (C=O) groups excluding carboxylic acids is 1. The maximum atomic E-state index is 11.3. The molecule has 0 N–H and O–H groups in total. The molecule has 0 unspecified atom stereocenters. The highest BCUT2D eigenvalue weighted by molar-refractivity contribution is 9.10. The standard InChI is InChI=1S/C6H5BrN2O2/c7-3-1-2-4-5(6(3)10)9-11-8-4/h3H,1-2H2/t3-/m0/s1. The van der Waals surface area contributed by atoms with Crippen molar-refractivity contribution in [3.8, 4) is 0 Å². The van der Waals surface area contributed by atoms with Crippen LogP contribution in [0.5, 0.6) is 0 Å². The summed E-state index contributed by atoms with van der Waals surface area (Å²) in [5.74, 6) is -0.0208. The van der Waals surface area contributed by atoms with Crippen molar-refractivity contribution in [3.63, 3.8) is 0 Å². The molecule has 58 valence electrons. The first-order valence-electron chi connectivity index (χ1n) is 3.29. The zero-order valence-corrected chi connectivity index (χ0v) is 7.17. The minimum absolute atomic E-state index is 0.0208. The Morgan fingerprint density at radius 2 is 2.36 bits per heavy atom. The number of carbonyl (C=O) groups is 1. The van der Waals surface area contributed by atoms with Crippen LogP contribution in [0.3, 0.4) is 0 Å². The molecule has 0 aromatic carbocycles. The van der Waals surface area contributed by atoms with Gasteiger partial charge < -0.3 is 0 Å². The second kappa shape index (κ2) is 2.41. The van der Waals surface area contributed by atoms with Crippen LogP contribution in [0.1, 0.15) is 22.6 Å². The van der Waals surface area contributed by atoms with Gasteiger partial charge in [-0.3, -0.25) is 4.79 Å². The second-order valence-corrected chi connectivity index (χ2v) is 3.54. The van der Waals surface area contributed by atoms with Crippen molar-refractivity contribution in [2.45, 2.75) is 17.7 Å². The smallest absolute Gasteiger partial charge is 0.200 e. The van der Waals surface area contributed by atoms with Crippen molar-refractivity contribution in [2.24, 2.45) is 0 Å². The molecule has 1 aromatic heterocycles. The highest BCUT2D eigenvalue weighted by Crippen LogP contribution is 2.22. The quantitative estimate of drug-likeness (QED) is 0.607. The molecule has 1 heterocycles. The average molecular weight is 217 g/mol. The van der Waals surface area contributed by atoms with Gasteiger partial charge in [0.1, 0.15) is 5.69 Å². The third-order valence-corrected chi connectivity index (χ3v) is 2.58. The molecule has 4 nitrogen and oxygen atoms in total. The lowest BCUT2D eigenvalue weighted by molar-refractivity contribution is 0.0973. The summed E-state index contributed by atoms with van der Waals surface area (Å²) in [6.07, 6.45) is 1.54. The van der Waals surface area contributed by atoms with Gasteiger partial charge in [-0.15, -0.1) is 0 Å². The van der Waals surface area contributed by atoms with E-state index in [1.54, 1.807) is 0 Å². The van der Waals surface area contributed by atoms with E-state index in [0.29, 0.717) is 11.4 Å². The number of fused-ring (bicyclic) bond motifs is 1. The van der Waals surface area contributed by atoms with E-state index in [9.17, 15) is 4.79 Å². The monoisotopic (exact) mass is 216 g/mol. The molecule has 0 spiro atoms. The van der Waals surface area contributed by atoms with Crippen LogP contribution in [0, 0.1) is 0 Å². The fourth-order valence-corrected chi connectivity index (χ4v) is 1.55. The minimum Gasteiger partial charge on any atom is -0.291 e. The van der Waals surface area contributed by atoms with Gasteiger partial charge in [-0.2, -0.15) is 0 Å². The molecule has 0 bridgehead atoms. The molecule has 1 aromatic rings. The fourth-order valence-electron chi connectivity index (χ4n) is 1.10. The van der Waals surface area contributed by atoms with Crippen molar-refractivity contribution >= 4 is 21.7 Å². The van der Waals surface area contributed by atoms with Crippen LogP contribution in [0.4, 0.5) is 0 Å². The number of hydrogen-bond acceptors (Lipinski definition) is 4. The molecule has 1 aliphatic carbocycles. The molecule has 1 aliphatic rings. The number of rotatable bonds is 0. The van der Waals surface area contributed by atoms with E-state index in [0.717, 1.165) is 12.8 Å². The van der Waals surface area contributed by atoms with Crippen LogP contribution in [-0.2, 0) is 6.42 Å². The fraction of sp³-hybridized carbons (Fsp3) is 0.500. The van der Waals surface area contributed by atoms with Gasteiger partial charge >= 0.3 is 0 Å². The molecule has 0 fully saturated rings. The van der Waals surface area contributed by atoms with Crippen molar-refractivity contribution in [2.75, 3.05) is 0 Å². The van der Waals surface area contributed by atoms with Gasteiger partial charge in [-0.05, 0) is 18.0 Å². The molecule has 1 atom stereocenters. The Kier molecular flexibility index (Phi) is 1.52. The van der Waals surface area contributed by atoms with Gasteiger partial charge in [0, 0.05) is 0 Å². The zero-order valence-electron chi connectivity index (χ0n) is 5.58. The molecular formula is C6H5BrN2O2. The molecule has 0 radical (unpaired) electrons. The summed E-state index contributed by atoms with van der Waals surface area (Å²) in [5.41, 5.74) is 1.07. The van der Waals surface area contributed by atoms with Crippen LogP contribution in [0.25, 0.3) is 0 Å². The van der Waals surface area contributed by atoms with Crippen molar-refractivity contribution in [3.05, 3.63) is 11.4 Å². The normalized spacial score (nSPS) is 23.4. The zero-order chi connectivity index (χ0) is 7.84. The summed E-state index contributed by atoms with van der Waals surface area (Å²) in [5, 5.41) is 7.14. The summed E-state index contributed by atoms with van der Waals surface area (Å²) in [7, 11) is 0. The van der Waals surface area contributed by atoms with Gasteiger partial charge in [0.15, 0.2) is 11.5 Å².